The van der Waals surface area contributed by atoms with E-state index in [0.717, 1.165) is 35.3 Å². The Morgan fingerprint density at radius 1 is 0.909 bits per heavy atom. The van der Waals surface area contributed by atoms with E-state index in [1.165, 1.54) is 5.56 Å². The third-order valence-electron chi connectivity index (χ3n) is 6.10. The van der Waals surface area contributed by atoms with Crippen molar-refractivity contribution in [2.75, 3.05) is 6.61 Å². The van der Waals surface area contributed by atoms with E-state index >= 15 is 0 Å². The largest absolute Gasteiger partial charge is 0.493 e. The van der Waals surface area contributed by atoms with Gasteiger partial charge < -0.3 is 14.9 Å². The molecule has 0 amide bonds. The highest BCUT2D eigenvalue weighted by Crippen LogP contribution is 2.37. The SMILES string of the molecule is CCCc1ccccc1OCC[C@@H](O)/C=C/c1cccc(C(O)C(C)(C)c2ccccc2)c1. The van der Waals surface area contributed by atoms with E-state index in [2.05, 4.69) is 26.8 Å². The van der Waals surface area contributed by atoms with Crippen LogP contribution in [0.5, 0.6) is 5.75 Å². The minimum absolute atomic E-state index is 0.422. The summed E-state index contributed by atoms with van der Waals surface area (Å²) in [6.45, 7) is 6.72. The number of ether oxygens (including phenoxy) is 1. The Bertz CT molecular complexity index is 1020. The van der Waals surface area contributed by atoms with Crippen LogP contribution in [0, 0.1) is 0 Å². The molecule has 2 N–H and O–H groups in total. The molecule has 0 heterocycles. The molecule has 2 atom stereocenters. The lowest BCUT2D eigenvalue weighted by molar-refractivity contribution is 0.100. The summed E-state index contributed by atoms with van der Waals surface area (Å²) in [5.41, 5.74) is 3.68. The Morgan fingerprint density at radius 3 is 2.39 bits per heavy atom. The molecular weight excluding hydrogens is 408 g/mol. The second-order valence-electron chi connectivity index (χ2n) is 9.08. The fourth-order valence-corrected chi connectivity index (χ4v) is 4.00. The van der Waals surface area contributed by atoms with Crippen LogP contribution in [0.2, 0.25) is 0 Å². The Kier molecular flexibility index (Phi) is 8.87. The molecule has 33 heavy (non-hydrogen) atoms. The molecule has 0 bridgehead atoms. The first-order valence-electron chi connectivity index (χ1n) is 11.8. The van der Waals surface area contributed by atoms with Gasteiger partial charge in [-0.15, -0.1) is 0 Å². The van der Waals surface area contributed by atoms with Gasteiger partial charge in [-0.05, 0) is 40.8 Å². The summed E-state index contributed by atoms with van der Waals surface area (Å²) in [7, 11) is 0. The second kappa shape index (κ2) is 11.8. The van der Waals surface area contributed by atoms with Crippen molar-refractivity contribution in [1.29, 1.82) is 0 Å². The van der Waals surface area contributed by atoms with Crippen LogP contribution in [0.3, 0.4) is 0 Å². The maximum atomic E-state index is 11.1. The summed E-state index contributed by atoms with van der Waals surface area (Å²) in [5, 5.41) is 21.5. The molecule has 3 rings (SSSR count). The van der Waals surface area contributed by atoms with Crippen LogP contribution in [0.1, 0.15) is 62.0 Å². The van der Waals surface area contributed by atoms with Crippen molar-refractivity contribution in [2.45, 2.75) is 57.7 Å². The van der Waals surface area contributed by atoms with E-state index in [1.54, 1.807) is 6.08 Å². The monoisotopic (exact) mass is 444 g/mol. The standard InChI is InChI=1S/C30H36O3/c1-4-11-24-13-8-9-17-28(24)33-21-20-27(31)19-18-23-12-10-14-25(22-23)29(32)30(2,3)26-15-6-5-7-16-26/h5-10,12-19,22,27,29,31-32H,4,11,20-21H2,1-3H3/b19-18+/t27-,29?/m0/s1. The summed E-state index contributed by atoms with van der Waals surface area (Å²) in [5.74, 6) is 0.901. The van der Waals surface area contributed by atoms with Crippen molar-refractivity contribution in [3.05, 3.63) is 107 Å². The Hall–Kier alpha value is -2.88. The van der Waals surface area contributed by atoms with Gasteiger partial charge >= 0.3 is 0 Å². The molecular formula is C30H36O3. The topological polar surface area (TPSA) is 49.7 Å². The van der Waals surface area contributed by atoms with Gasteiger partial charge in [0.1, 0.15) is 5.75 Å². The summed E-state index contributed by atoms with van der Waals surface area (Å²) >= 11 is 0. The predicted octanol–water partition coefficient (Wildman–Crippen LogP) is 6.49. The molecule has 3 aromatic carbocycles. The van der Waals surface area contributed by atoms with E-state index < -0.39 is 17.6 Å². The average molecular weight is 445 g/mol. The lowest BCUT2D eigenvalue weighted by Gasteiger charge is -2.31. The lowest BCUT2D eigenvalue weighted by atomic mass is 9.76. The van der Waals surface area contributed by atoms with Crippen molar-refractivity contribution < 1.29 is 14.9 Å². The maximum Gasteiger partial charge on any atom is 0.122 e. The number of hydrogen-bond acceptors (Lipinski definition) is 3. The summed E-state index contributed by atoms with van der Waals surface area (Å²) < 4.78 is 5.92. The third-order valence-corrected chi connectivity index (χ3v) is 6.10. The molecule has 0 saturated carbocycles. The normalized spacial score (nSPS) is 13.7. The van der Waals surface area contributed by atoms with E-state index in [0.29, 0.717) is 13.0 Å². The molecule has 3 nitrogen and oxygen atoms in total. The molecule has 0 spiro atoms. The molecule has 0 saturated heterocycles. The van der Waals surface area contributed by atoms with Crippen molar-refractivity contribution in [2.24, 2.45) is 0 Å². The molecule has 174 valence electrons. The van der Waals surface area contributed by atoms with Gasteiger partial charge in [-0.1, -0.05) is 106 Å². The van der Waals surface area contributed by atoms with Gasteiger partial charge in [-0.3, -0.25) is 0 Å². The van der Waals surface area contributed by atoms with Crippen LogP contribution in [0.4, 0.5) is 0 Å². The van der Waals surface area contributed by atoms with Gasteiger partial charge in [0.05, 0.1) is 18.8 Å². The number of benzene rings is 3. The quantitative estimate of drug-likeness (QED) is 0.355. The van der Waals surface area contributed by atoms with Crippen LogP contribution >= 0.6 is 0 Å². The minimum Gasteiger partial charge on any atom is -0.493 e. The number of para-hydroxylation sites is 1. The number of rotatable bonds is 11. The maximum absolute atomic E-state index is 11.1. The first-order chi connectivity index (χ1) is 15.9. The van der Waals surface area contributed by atoms with Crippen molar-refractivity contribution >= 4 is 6.08 Å². The van der Waals surface area contributed by atoms with Crippen LogP contribution in [0.15, 0.2) is 84.9 Å². The van der Waals surface area contributed by atoms with Crippen LogP contribution in [-0.4, -0.2) is 22.9 Å². The van der Waals surface area contributed by atoms with Gasteiger partial charge in [0, 0.05) is 11.8 Å². The van der Waals surface area contributed by atoms with E-state index in [9.17, 15) is 10.2 Å². The molecule has 0 radical (unpaired) electrons. The zero-order valence-corrected chi connectivity index (χ0v) is 19.9. The van der Waals surface area contributed by atoms with Crippen LogP contribution < -0.4 is 4.74 Å². The predicted molar refractivity (Wildman–Crippen MR) is 136 cm³/mol. The van der Waals surface area contributed by atoms with Crippen LogP contribution in [-0.2, 0) is 11.8 Å². The van der Waals surface area contributed by atoms with Crippen LogP contribution in [0.25, 0.3) is 6.08 Å². The van der Waals surface area contributed by atoms with Crippen molar-refractivity contribution in [3.8, 4) is 5.75 Å². The molecule has 0 fully saturated rings. The van der Waals surface area contributed by atoms with E-state index in [-0.39, 0.29) is 0 Å². The van der Waals surface area contributed by atoms with E-state index in [4.69, 9.17) is 4.74 Å². The fraction of sp³-hybridized carbons (Fsp3) is 0.333. The summed E-state index contributed by atoms with van der Waals surface area (Å²) in [6, 6.07) is 26.0. The molecule has 0 aliphatic carbocycles. The number of hydrogen-bond donors (Lipinski definition) is 2. The van der Waals surface area contributed by atoms with Gasteiger partial charge in [0.2, 0.25) is 0 Å². The van der Waals surface area contributed by atoms with Gasteiger partial charge in [-0.25, -0.2) is 0 Å². The Morgan fingerprint density at radius 2 is 1.64 bits per heavy atom. The number of aliphatic hydroxyl groups excluding tert-OH is 2. The number of aliphatic hydroxyl groups is 2. The summed E-state index contributed by atoms with van der Waals surface area (Å²) in [4.78, 5) is 0. The summed E-state index contributed by atoms with van der Waals surface area (Å²) in [6.07, 6.45) is 5.02. The van der Waals surface area contributed by atoms with Crippen molar-refractivity contribution in [3.63, 3.8) is 0 Å². The molecule has 0 aliphatic rings. The molecule has 0 aliphatic heterocycles. The molecule has 3 aromatic rings. The van der Waals surface area contributed by atoms with E-state index in [1.807, 2.05) is 78.9 Å². The highest BCUT2D eigenvalue weighted by Gasteiger charge is 2.30. The first-order valence-corrected chi connectivity index (χ1v) is 11.8. The molecule has 3 heteroatoms. The zero-order chi connectivity index (χ0) is 23.7. The second-order valence-corrected chi connectivity index (χ2v) is 9.08. The van der Waals surface area contributed by atoms with Gasteiger partial charge in [0.25, 0.3) is 0 Å². The number of aryl methyl sites for hydroxylation is 1. The van der Waals surface area contributed by atoms with Gasteiger partial charge in [0.15, 0.2) is 0 Å². The average Bonchev–Trinajstić information content (AvgIpc) is 2.84. The lowest BCUT2D eigenvalue weighted by Crippen LogP contribution is -2.26. The minimum atomic E-state index is -0.644. The Labute approximate surface area is 198 Å². The first kappa shape index (κ1) is 24.8. The van der Waals surface area contributed by atoms with Gasteiger partial charge in [-0.2, -0.15) is 0 Å². The third kappa shape index (κ3) is 6.80. The highest BCUT2D eigenvalue weighted by atomic mass is 16.5. The smallest absolute Gasteiger partial charge is 0.122 e. The zero-order valence-electron chi connectivity index (χ0n) is 19.9. The fourth-order valence-electron chi connectivity index (χ4n) is 4.00. The molecule has 0 aromatic heterocycles. The highest BCUT2D eigenvalue weighted by molar-refractivity contribution is 5.51. The molecule has 1 unspecified atom stereocenters. The Balaban J connectivity index is 1.59. The van der Waals surface area contributed by atoms with Crippen molar-refractivity contribution in [1.82, 2.24) is 0 Å².